The minimum absolute atomic E-state index is 0.0853. The first-order valence-electron chi connectivity index (χ1n) is 4.43. The van der Waals surface area contributed by atoms with E-state index < -0.39 is 10.0 Å². The summed E-state index contributed by atoms with van der Waals surface area (Å²) in [4.78, 5) is 11.2. The van der Waals surface area contributed by atoms with Crippen molar-refractivity contribution in [2.24, 2.45) is 5.14 Å². The van der Waals surface area contributed by atoms with E-state index in [1.807, 2.05) is 0 Å². The molecule has 0 saturated carbocycles. The normalized spacial score (nSPS) is 11.1. The first kappa shape index (κ1) is 13.1. The van der Waals surface area contributed by atoms with Crippen molar-refractivity contribution in [3.05, 3.63) is 24.3 Å². The highest BCUT2D eigenvalue weighted by molar-refractivity contribution is 9.09. The molecule has 1 aromatic rings. The van der Waals surface area contributed by atoms with Gasteiger partial charge in [0.2, 0.25) is 15.9 Å². The average molecular weight is 307 g/mol. The Morgan fingerprint density at radius 3 is 2.56 bits per heavy atom. The maximum atomic E-state index is 11.3. The molecule has 1 aromatic carbocycles. The van der Waals surface area contributed by atoms with Crippen LogP contribution in [0.5, 0.6) is 0 Å². The summed E-state index contributed by atoms with van der Waals surface area (Å²) in [6.45, 7) is 0. The smallest absolute Gasteiger partial charge is 0.240 e. The number of amides is 1. The van der Waals surface area contributed by atoms with Crippen molar-refractivity contribution in [2.75, 3.05) is 10.6 Å². The third-order valence-corrected chi connectivity index (χ3v) is 3.15. The van der Waals surface area contributed by atoms with Crippen LogP contribution in [0.4, 0.5) is 5.69 Å². The van der Waals surface area contributed by atoms with Crippen molar-refractivity contribution >= 4 is 37.5 Å². The Labute approximate surface area is 102 Å². The summed E-state index contributed by atoms with van der Waals surface area (Å²) in [5, 5.41) is 8.02. The molecule has 0 fully saturated rings. The second-order valence-corrected chi connectivity index (χ2v) is 5.35. The lowest BCUT2D eigenvalue weighted by molar-refractivity contribution is -0.115. The van der Waals surface area contributed by atoms with Crippen molar-refractivity contribution in [3.63, 3.8) is 0 Å². The third-order valence-electron chi connectivity index (χ3n) is 1.79. The standard InChI is InChI=1S/C9H11BrN2O3S/c10-6-5-9(13)12-7-3-1-2-4-8(7)16(11,14)15/h1-4H,5-6H2,(H,12,13)(H2,11,14,15). The Morgan fingerprint density at radius 1 is 1.38 bits per heavy atom. The van der Waals surface area contributed by atoms with Crippen LogP contribution in [0.15, 0.2) is 29.2 Å². The molecule has 0 saturated heterocycles. The van der Waals surface area contributed by atoms with E-state index in [0.717, 1.165) is 0 Å². The van der Waals surface area contributed by atoms with Gasteiger partial charge in [0.15, 0.2) is 0 Å². The fourth-order valence-electron chi connectivity index (χ4n) is 1.12. The number of primary sulfonamides is 1. The molecule has 0 aliphatic heterocycles. The molecule has 0 aliphatic rings. The molecule has 0 bridgehead atoms. The zero-order chi connectivity index (χ0) is 12.2. The van der Waals surface area contributed by atoms with Gasteiger partial charge in [0.05, 0.1) is 5.69 Å². The molecule has 1 amide bonds. The van der Waals surface area contributed by atoms with Gasteiger partial charge in [-0.3, -0.25) is 4.79 Å². The van der Waals surface area contributed by atoms with Crippen LogP contribution in [0.25, 0.3) is 0 Å². The van der Waals surface area contributed by atoms with Gasteiger partial charge < -0.3 is 5.32 Å². The first-order chi connectivity index (χ1) is 7.45. The number of nitrogens with two attached hydrogens (primary N) is 1. The number of hydrogen-bond donors (Lipinski definition) is 2. The number of anilines is 1. The number of hydrogen-bond acceptors (Lipinski definition) is 3. The summed E-state index contributed by atoms with van der Waals surface area (Å²) >= 11 is 3.12. The lowest BCUT2D eigenvalue weighted by Crippen LogP contribution is -2.18. The molecule has 0 aliphatic carbocycles. The fourth-order valence-corrected chi connectivity index (χ4v) is 2.17. The SMILES string of the molecule is NS(=O)(=O)c1ccccc1NC(=O)CCBr. The highest BCUT2D eigenvalue weighted by Crippen LogP contribution is 2.19. The molecule has 3 N–H and O–H groups in total. The number of para-hydroxylation sites is 1. The first-order valence-corrected chi connectivity index (χ1v) is 7.09. The van der Waals surface area contributed by atoms with Gasteiger partial charge in [0.1, 0.15) is 4.90 Å². The summed E-state index contributed by atoms with van der Waals surface area (Å²) in [6.07, 6.45) is 0.263. The second-order valence-electron chi connectivity index (χ2n) is 3.03. The Balaban J connectivity index is 3.01. The van der Waals surface area contributed by atoms with Gasteiger partial charge in [-0.15, -0.1) is 0 Å². The quantitative estimate of drug-likeness (QED) is 0.815. The van der Waals surface area contributed by atoms with E-state index in [2.05, 4.69) is 21.2 Å². The summed E-state index contributed by atoms with van der Waals surface area (Å²) in [6, 6.07) is 6.00. The van der Waals surface area contributed by atoms with E-state index in [4.69, 9.17) is 5.14 Å². The third kappa shape index (κ3) is 3.58. The van der Waals surface area contributed by atoms with Gasteiger partial charge in [-0.1, -0.05) is 28.1 Å². The summed E-state index contributed by atoms with van der Waals surface area (Å²) in [5.41, 5.74) is 0.205. The molecule has 88 valence electrons. The topological polar surface area (TPSA) is 89.3 Å². The van der Waals surface area contributed by atoms with E-state index in [0.29, 0.717) is 5.33 Å². The highest BCUT2D eigenvalue weighted by Gasteiger charge is 2.14. The largest absolute Gasteiger partial charge is 0.325 e. The molecule has 0 heterocycles. The second kappa shape index (κ2) is 5.42. The van der Waals surface area contributed by atoms with Gasteiger partial charge in [0.25, 0.3) is 0 Å². The van der Waals surface area contributed by atoms with Crippen molar-refractivity contribution in [1.29, 1.82) is 0 Å². The van der Waals surface area contributed by atoms with Crippen molar-refractivity contribution in [3.8, 4) is 0 Å². The maximum absolute atomic E-state index is 11.3. The van der Waals surface area contributed by atoms with Gasteiger partial charge in [-0.25, -0.2) is 13.6 Å². The Hall–Kier alpha value is -0.920. The molecule has 0 atom stereocenters. The Bertz CT molecular complexity index is 487. The molecule has 0 aromatic heterocycles. The summed E-state index contributed by atoms with van der Waals surface area (Å²) in [7, 11) is -3.82. The molecular weight excluding hydrogens is 296 g/mol. The van der Waals surface area contributed by atoms with Crippen LogP contribution in [0, 0.1) is 0 Å². The van der Waals surface area contributed by atoms with E-state index in [1.165, 1.54) is 12.1 Å². The van der Waals surface area contributed by atoms with Crippen LogP contribution >= 0.6 is 15.9 Å². The van der Waals surface area contributed by atoms with Gasteiger partial charge in [0, 0.05) is 11.8 Å². The van der Waals surface area contributed by atoms with Crippen LogP contribution in [-0.4, -0.2) is 19.7 Å². The predicted molar refractivity (Wildman–Crippen MR) is 64.9 cm³/mol. The average Bonchev–Trinajstić information content (AvgIpc) is 2.17. The monoisotopic (exact) mass is 306 g/mol. The maximum Gasteiger partial charge on any atom is 0.240 e. The van der Waals surface area contributed by atoms with Gasteiger partial charge in [-0.05, 0) is 12.1 Å². The highest BCUT2D eigenvalue weighted by atomic mass is 79.9. The fraction of sp³-hybridized carbons (Fsp3) is 0.222. The van der Waals surface area contributed by atoms with E-state index in [-0.39, 0.29) is 22.9 Å². The zero-order valence-electron chi connectivity index (χ0n) is 8.31. The molecule has 0 unspecified atom stereocenters. The Morgan fingerprint density at radius 2 is 2.00 bits per heavy atom. The summed E-state index contributed by atoms with van der Waals surface area (Å²) < 4.78 is 22.4. The molecule has 0 radical (unpaired) electrons. The Kier molecular flexibility index (Phi) is 4.45. The number of nitrogens with one attached hydrogen (secondary N) is 1. The molecule has 5 nitrogen and oxygen atoms in total. The van der Waals surface area contributed by atoms with Crippen LogP contribution in [0.3, 0.4) is 0 Å². The minimum atomic E-state index is -3.82. The van der Waals surface area contributed by atoms with Gasteiger partial charge >= 0.3 is 0 Å². The number of rotatable bonds is 4. The lowest BCUT2D eigenvalue weighted by atomic mass is 10.3. The van der Waals surface area contributed by atoms with E-state index in [9.17, 15) is 13.2 Å². The molecule has 1 rings (SSSR count). The number of carbonyl (C=O) groups is 1. The van der Waals surface area contributed by atoms with Crippen LogP contribution in [0.1, 0.15) is 6.42 Å². The lowest BCUT2D eigenvalue weighted by Gasteiger charge is -2.08. The minimum Gasteiger partial charge on any atom is -0.325 e. The predicted octanol–water partition coefficient (Wildman–Crippen LogP) is 1.06. The van der Waals surface area contributed by atoms with Crippen LogP contribution in [0.2, 0.25) is 0 Å². The molecular formula is C9H11BrN2O3S. The van der Waals surface area contributed by atoms with Crippen molar-refractivity contribution in [2.45, 2.75) is 11.3 Å². The van der Waals surface area contributed by atoms with Crippen LogP contribution in [-0.2, 0) is 14.8 Å². The number of benzene rings is 1. The molecule has 16 heavy (non-hydrogen) atoms. The zero-order valence-corrected chi connectivity index (χ0v) is 10.7. The number of sulfonamides is 1. The van der Waals surface area contributed by atoms with E-state index >= 15 is 0 Å². The van der Waals surface area contributed by atoms with Crippen LogP contribution < -0.4 is 10.5 Å². The molecule has 7 heteroatoms. The van der Waals surface area contributed by atoms with Crippen molar-refractivity contribution < 1.29 is 13.2 Å². The van der Waals surface area contributed by atoms with Gasteiger partial charge in [-0.2, -0.15) is 0 Å². The number of alkyl halides is 1. The summed E-state index contributed by atoms with van der Waals surface area (Å²) in [5.74, 6) is -0.270. The van der Waals surface area contributed by atoms with E-state index in [1.54, 1.807) is 12.1 Å². The molecule has 0 spiro atoms. The number of carbonyl (C=O) groups excluding carboxylic acids is 1. The van der Waals surface area contributed by atoms with Crippen molar-refractivity contribution in [1.82, 2.24) is 0 Å². The number of halogens is 1.